The number of esters is 1. The van der Waals surface area contributed by atoms with Gasteiger partial charge in [-0.1, -0.05) is 24.3 Å². The van der Waals surface area contributed by atoms with Crippen LogP contribution in [0.2, 0.25) is 0 Å². The Morgan fingerprint density at radius 3 is 2.59 bits per heavy atom. The van der Waals surface area contributed by atoms with E-state index in [2.05, 4.69) is 10.3 Å². The van der Waals surface area contributed by atoms with Crippen LogP contribution < -0.4 is 10.2 Å². The molecule has 0 bridgehead atoms. The van der Waals surface area contributed by atoms with Crippen LogP contribution in [0.4, 0.5) is 17.1 Å². The summed E-state index contributed by atoms with van der Waals surface area (Å²) in [7, 11) is 1.34. The Morgan fingerprint density at radius 2 is 1.86 bits per heavy atom. The third-order valence-corrected chi connectivity index (χ3v) is 4.47. The number of methoxy groups -OCH3 is 1. The molecule has 29 heavy (non-hydrogen) atoms. The first-order chi connectivity index (χ1) is 14.0. The minimum absolute atomic E-state index is 0.143. The average Bonchev–Trinajstić information content (AvgIpc) is 2.74. The maximum Gasteiger partial charge on any atom is 0.339 e. The molecular formula is C23H23N3O3. The number of rotatable bonds is 6. The molecule has 3 aromatic rings. The molecule has 0 fully saturated rings. The Labute approximate surface area is 170 Å². The molecule has 0 aliphatic heterocycles. The highest BCUT2D eigenvalue weighted by Crippen LogP contribution is 2.23. The molecule has 0 unspecified atom stereocenters. The van der Waals surface area contributed by atoms with Crippen molar-refractivity contribution >= 4 is 28.9 Å². The SMILES string of the molecule is CCN(C(=O)c1cncc(Nc2ccccc2C(=O)OC)c1)c1cccc(C)c1. The molecule has 6 nitrogen and oxygen atoms in total. The van der Waals surface area contributed by atoms with Gasteiger partial charge in [-0.25, -0.2) is 4.79 Å². The molecule has 0 saturated carbocycles. The molecule has 1 aromatic heterocycles. The van der Waals surface area contributed by atoms with Crippen LogP contribution in [0, 0.1) is 6.92 Å². The second-order valence-electron chi connectivity index (χ2n) is 6.51. The molecule has 1 N–H and O–H groups in total. The van der Waals surface area contributed by atoms with E-state index in [9.17, 15) is 9.59 Å². The van der Waals surface area contributed by atoms with E-state index in [0.29, 0.717) is 29.0 Å². The van der Waals surface area contributed by atoms with E-state index in [1.165, 1.54) is 13.3 Å². The third kappa shape index (κ3) is 4.60. The van der Waals surface area contributed by atoms with Crippen molar-refractivity contribution in [3.63, 3.8) is 0 Å². The van der Waals surface area contributed by atoms with Crippen molar-refractivity contribution in [1.29, 1.82) is 0 Å². The molecule has 0 saturated heterocycles. The molecule has 0 radical (unpaired) electrons. The fourth-order valence-electron chi connectivity index (χ4n) is 3.06. The van der Waals surface area contributed by atoms with Crippen LogP contribution in [-0.4, -0.2) is 30.5 Å². The molecule has 3 rings (SSSR count). The minimum Gasteiger partial charge on any atom is -0.465 e. The molecule has 1 heterocycles. The van der Waals surface area contributed by atoms with Crippen LogP contribution in [0.15, 0.2) is 67.0 Å². The molecule has 1 amide bonds. The Kier molecular flexibility index (Phi) is 6.24. The average molecular weight is 389 g/mol. The molecule has 0 atom stereocenters. The molecule has 6 heteroatoms. The van der Waals surface area contributed by atoms with E-state index in [1.54, 1.807) is 35.4 Å². The number of pyridine rings is 1. The lowest BCUT2D eigenvalue weighted by Crippen LogP contribution is -2.30. The van der Waals surface area contributed by atoms with Crippen molar-refractivity contribution in [2.24, 2.45) is 0 Å². The van der Waals surface area contributed by atoms with E-state index in [-0.39, 0.29) is 5.91 Å². The Hall–Kier alpha value is -3.67. The van der Waals surface area contributed by atoms with E-state index >= 15 is 0 Å². The van der Waals surface area contributed by atoms with Crippen molar-refractivity contribution in [1.82, 2.24) is 4.98 Å². The summed E-state index contributed by atoms with van der Waals surface area (Å²) in [4.78, 5) is 31.0. The first-order valence-corrected chi connectivity index (χ1v) is 9.31. The number of carbonyl (C=O) groups excluding carboxylic acids is 2. The summed E-state index contributed by atoms with van der Waals surface area (Å²) in [6.45, 7) is 4.46. The monoisotopic (exact) mass is 389 g/mol. The summed E-state index contributed by atoms with van der Waals surface area (Å²) in [5.74, 6) is -0.583. The summed E-state index contributed by atoms with van der Waals surface area (Å²) < 4.78 is 4.83. The van der Waals surface area contributed by atoms with Crippen LogP contribution in [0.25, 0.3) is 0 Å². The zero-order valence-electron chi connectivity index (χ0n) is 16.7. The number of nitrogens with zero attached hydrogens (tertiary/aromatic N) is 2. The van der Waals surface area contributed by atoms with Gasteiger partial charge < -0.3 is 15.0 Å². The highest BCUT2D eigenvalue weighted by Gasteiger charge is 2.18. The number of aryl methyl sites for hydroxylation is 1. The van der Waals surface area contributed by atoms with Crippen LogP contribution >= 0.6 is 0 Å². The van der Waals surface area contributed by atoms with Crippen LogP contribution in [0.1, 0.15) is 33.2 Å². The van der Waals surface area contributed by atoms with Gasteiger partial charge in [-0.2, -0.15) is 0 Å². The van der Waals surface area contributed by atoms with Gasteiger partial charge in [0, 0.05) is 18.4 Å². The van der Waals surface area contributed by atoms with Gasteiger partial charge in [-0.15, -0.1) is 0 Å². The van der Waals surface area contributed by atoms with E-state index in [0.717, 1.165) is 11.3 Å². The standard InChI is InChI=1S/C23H23N3O3/c1-4-26(19-9-7-8-16(2)12-19)22(27)17-13-18(15-24-14-17)25-21-11-6-5-10-20(21)23(28)29-3/h5-15,25H,4H2,1-3H3. The van der Waals surface area contributed by atoms with E-state index in [1.807, 2.05) is 44.2 Å². The molecule has 2 aromatic carbocycles. The Bertz CT molecular complexity index is 1030. The number of hydrogen-bond acceptors (Lipinski definition) is 5. The Morgan fingerprint density at radius 1 is 1.07 bits per heavy atom. The number of benzene rings is 2. The number of para-hydroxylation sites is 1. The molecule has 0 aliphatic rings. The normalized spacial score (nSPS) is 10.3. The lowest BCUT2D eigenvalue weighted by atomic mass is 10.1. The maximum absolute atomic E-state index is 13.1. The topological polar surface area (TPSA) is 71.5 Å². The number of anilines is 3. The minimum atomic E-state index is -0.440. The number of nitrogens with one attached hydrogen (secondary N) is 1. The van der Waals surface area contributed by atoms with Gasteiger partial charge in [0.1, 0.15) is 0 Å². The van der Waals surface area contributed by atoms with Crippen molar-refractivity contribution in [3.8, 4) is 0 Å². The summed E-state index contributed by atoms with van der Waals surface area (Å²) in [5, 5.41) is 3.15. The molecule has 0 spiro atoms. The van der Waals surface area contributed by atoms with Crippen molar-refractivity contribution < 1.29 is 14.3 Å². The van der Waals surface area contributed by atoms with Crippen molar-refractivity contribution in [2.45, 2.75) is 13.8 Å². The van der Waals surface area contributed by atoms with Gasteiger partial charge >= 0.3 is 5.97 Å². The summed E-state index contributed by atoms with van der Waals surface area (Å²) in [6, 6.07) is 16.6. The molecule has 148 valence electrons. The maximum atomic E-state index is 13.1. The van der Waals surface area contributed by atoms with Crippen LogP contribution in [0.5, 0.6) is 0 Å². The van der Waals surface area contributed by atoms with E-state index in [4.69, 9.17) is 4.74 Å². The number of aromatic nitrogens is 1. The highest BCUT2D eigenvalue weighted by atomic mass is 16.5. The first kappa shape index (κ1) is 20.1. The number of ether oxygens (including phenoxy) is 1. The fraction of sp³-hybridized carbons (Fsp3) is 0.174. The lowest BCUT2D eigenvalue weighted by Gasteiger charge is -2.21. The van der Waals surface area contributed by atoms with Gasteiger partial charge in [-0.3, -0.25) is 9.78 Å². The van der Waals surface area contributed by atoms with Crippen LogP contribution in [-0.2, 0) is 4.74 Å². The van der Waals surface area contributed by atoms with Gasteiger partial charge in [0.15, 0.2) is 0 Å². The number of amides is 1. The summed E-state index contributed by atoms with van der Waals surface area (Å²) >= 11 is 0. The molecular weight excluding hydrogens is 366 g/mol. The van der Waals surface area contributed by atoms with E-state index < -0.39 is 5.97 Å². The summed E-state index contributed by atoms with van der Waals surface area (Å²) in [5.41, 5.74) is 3.97. The summed E-state index contributed by atoms with van der Waals surface area (Å²) in [6.07, 6.45) is 3.14. The predicted octanol–water partition coefficient (Wildman–Crippen LogP) is 4.59. The van der Waals surface area contributed by atoms with Gasteiger partial charge in [-0.05, 0) is 49.7 Å². The smallest absolute Gasteiger partial charge is 0.339 e. The van der Waals surface area contributed by atoms with Crippen LogP contribution in [0.3, 0.4) is 0 Å². The quantitative estimate of drug-likeness (QED) is 0.625. The predicted molar refractivity (Wildman–Crippen MR) is 114 cm³/mol. The largest absolute Gasteiger partial charge is 0.465 e. The highest BCUT2D eigenvalue weighted by molar-refractivity contribution is 6.06. The third-order valence-electron chi connectivity index (χ3n) is 4.47. The van der Waals surface area contributed by atoms with Crippen molar-refractivity contribution in [2.75, 3.05) is 23.9 Å². The van der Waals surface area contributed by atoms with Gasteiger partial charge in [0.25, 0.3) is 5.91 Å². The fourth-order valence-corrected chi connectivity index (χ4v) is 3.06. The zero-order chi connectivity index (χ0) is 20.8. The lowest BCUT2D eigenvalue weighted by molar-refractivity contribution is 0.0601. The second kappa shape index (κ2) is 9.01. The Balaban J connectivity index is 1.88. The zero-order valence-corrected chi connectivity index (χ0v) is 16.7. The van der Waals surface area contributed by atoms with Gasteiger partial charge in [0.2, 0.25) is 0 Å². The van der Waals surface area contributed by atoms with Gasteiger partial charge in [0.05, 0.1) is 35.8 Å². The molecule has 0 aliphatic carbocycles. The number of carbonyl (C=O) groups is 2. The first-order valence-electron chi connectivity index (χ1n) is 9.31. The number of hydrogen-bond donors (Lipinski definition) is 1. The van der Waals surface area contributed by atoms with Crippen molar-refractivity contribution in [3.05, 3.63) is 83.7 Å². The second-order valence-corrected chi connectivity index (χ2v) is 6.51.